The molecule has 3 rings (SSSR count). The molecule has 2 aromatic carbocycles. The minimum Gasteiger partial charge on any atom is -0.338 e. The van der Waals surface area contributed by atoms with Crippen LogP contribution in [-0.4, -0.2) is 10.2 Å². The number of aromatic amines is 1. The van der Waals surface area contributed by atoms with Crippen LogP contribution in [-0.2, 0) is 6.42 Å². The monoisotopic (exact) mass is 271 g/mol. The van der Waals surface area contributed by atoms with Crippen LogP contribution >= 0.6 is 11.6 Å². The van der Waals surface area contributed by atoms with E-state index in [9.17, 15) is 0 Å². The summed E-state index contributed by atoms with van der Waals surface area (Å²) in [6.07, 6.45) is 0.982. The molecule has 0 aliphatic carbocycles. The van der Waals surface area contributed by atoms with Gasteiger partial charge in [0.15, 0.2) is 5.82 Å². The molecule has 4 heteroatoms. The second kappa shape index (κ2) is 4.94. The zero-order valence-electron chi connectivity index (χ0n) is 10.6. The highest BCUT2D eigenvalue weighted by molar-refractivity contribution is 6.30. The summed E-state index contributed by atoms with van der Waals surface area (Å²) in [4.78, 5) is 0. The first kappa shape index (κ1) is 12.1. The number of aromatic nitrogens is 2. The lowest BCUT2D eigenvalue weighted by Gasteiger charge is -2.04. The van der Waals surface area contributed by atoms with Crippen molar-refractivity contribution in [1.29, 1.82) is 0 Å². The third-order valence-electron chi connectivity index (χ3n) is 3.15. The fourth-order valence-corrected chi connectivity index (χ4v) is 2.38. The number of halogens is 1. The van der Waals surface area contributed by atoms with Crippen molar-refractivity contribution in [3.63, 3.8) is 0 Å². The zero-order valence-corrected chi connectivity index (χ0v) is 11.3. The summed E-state index contributed by atoms with van der Waals surface area (Å²) < 4.78 is 0. The van der Waals surface area contributed by atoms with E-state index in [1.165, 1.54) is 5.56 Å². The first-order chi connectivity index (χ1) is 9.28. The molecule has 0 radical (unpaired) electrons. The van der Waals surface area contributed by atoms with E-state index in [1.54, 1.807) is 0 Å². The fourth-order valence-electron chi connectivity index (χ4n) is 2.19. The average Bonchev–Trinajstić information content (AvgIpc) is 2.82. The topological polar surface area (TPSA) is 40.7 Å². The quantitative estimate of drug-likeness (QED) is 0.735. The smallest absolute Gasteiger partial charge is 0.160 e. The predicted octanol–water partition coefficient (Wildman–Crippen LogP) is 4.52. The Morgan fingerprint density at radius 1 is 1.21 bits per heavy atom. The Hall–Kier alpha value is -2.00. The van der Waals surface area contributed by atoms with Crippen molar-refractivity contribution >= 4 is 34.0 Å². The van der Waals surface area contributed by atoms with Crippen LogP contribution in [0.15, 0.2) is 42.5 Å². The van der Waals surface area contributed by atoms with E-state index in [-0.39, 0.29) is 0 Å². The fraction of sp³-hybridized carbons (Fsp3) is 0.133. The summed E-state index contributed by atoms with van der Waals surface area (Å²) in [5.74, 6) is 0.826. The second-order valence-corrected chi connectivity index (χ2v) is 4.84. The highest BCUT2D eigenvalue weighted by atomic mass is 35.5. The van der Waals surface area contributed by atoms with Crippen LogP contribution in [0.2, 0.25) is 5.02 Å². The van der Waals surface area contributed by atoms with Crippen LogP contribution in [0.25, 0.3) is 10.9 Å². The lowest BCUT2D eigenvalue weighted by Crippen LogP contribution is -1.90. The molecule has 1 aromatic heterocycles. The number of para-hydroxylation sites is 1. The molecule has 0 saturated carbocycles. The standard InChI is InChI=1S/C15H14ClN3/c1-2-10-5-3-8-13-14(10)18-19-15(13)17-12-7-4-6-11(16)9-12/h3-9H,2H2,1H3,(H2,17,18,19). The summed E-state index contributed by atoms with van der Waals surface area (Å²) in [5, 5.41) is 12.5. The van der Waals surface area contributed by atoms with Gasteiger partial charge < -0.3 is 5.32 Å². The van der Waals surface area contributed by atoms with E-state index < -0.39 is 0 Å². The number of rotatable bonds is 3. The number of H-pyrrole nitrogens is 1. The van der Waals surface area contributed by atoms with Crippen molar-refractivity contribution in [2.24, 2.45) is 0 Å². The van der Waals surface area contributed by atoms with Crippen LogP contribution in [0, 0.1) is 0 Å². The molecule has 96 valence electrons. The van der Waals surface area contributed by atoms with Gasteiger partial charge in [0.25, 0.3) is 0 Å². The lowest BCUT2D eigenvalue weighted by molar-refractivity contribution is 1.09. The van der Waals surface area contributed by atoms with Gasteiger partial charge in [-0.1, -0.05) is 36.7 Å². The molecule has 0 unspecified atom stereocenters. The van der Waals surface area contributed by atoms with Gasteiger partial charge in [-0.15, -0.1) is 0 Å². The molecule has 1 heterocycles. The first-order valence-corrected chi connectivity index (χ1v) is 6.64. The van der Waals surface area contributed by atoms with E-state index in [4.69, 9.17) is 11.6 Å². The Labute approximate surface area is 116 Å². The van der Waals surface area contributed by atoms with Crippen molar-refractivity contribution in [1.82, 2.24) is 10.2 Å². The molecule has 0 fully saturated rings. The molecule has 3 aromatic rings. The third-order valence-corrected chi connectivity index (χ3v) is 3.39. The van der Waals surface area contributed by atoms with Crippen molar-refractivity contribution in [3.8, 4) is 0 Å². The van der Waals surface area contributed by atoms with Crippen LogP contribution in [0.1, 0.15) is 12.5 Å². The molecule has 0 aliphatic rings. The summed E-state index contributed by atoms with van der Waals surface area (Å²) in [7, 11) is 0. The van der Waals surface area contributed by atoms with E-state index >= 15 is 0 Å². The Balaban J connectivity index is 2.02. The normalized spacial score (nSPS) is 10.8. The van der Waals surface area contributed by atoms with Crippen molar-refractivity contribution in [3.05, 3.63) is 53.1 Å². The maximum absolute atomic E-state index is 5.98. The van der Waals surface area contributed by atoms with Gasteiger partial charge in [0.2, 0.25) is 0 Å². The van der Waals surface area contributed by atoms with Crippen LogP contribution in [0.3, 0.4) is 0 Å². The molecular formula is C15H14ClN3. The Morgan fingerprint density at radius 2 is 2.05 bits per heavy atom. The van der Waals surface area contributed by atoms with E-state index in [1.807, 2.05) is 24.3 Å². The number of hydrogen-bond acceptors (Lipinski definition) is 2. The van der Waals surface area contributed by atoms with Crippen molar-refractivity contribution < 1.29 is 0 Å². The van der Waals surface area contributed by atoms with E-state index in [0.29, 0.717) is 5.02 Å². The van der Waals surface area contributed by atoms with E-state index in [2.05, 4.69) is 40.6 Å². The molecule has 0 atom stereocenters. The SMILES string of the molecule is CCc1cccc2c(Nc3cccc(Cl)c3)n[nH]c12. The largest absolute Gasteiger partial charge is 0.338 e. The Morgan fingerprint density at radius 3 is 2.84 bits per heavy atom. The van der Waals surface area contributed by atoms with Crippen LogP contribution < -0.4 is 5.32 Å². The maximum Gasteiger partial charge on any atom is 0.160 e. The zero-order chi connectivity index (χ0) is 13.2. The van der Waals surface area contributed by atoms with Gasteiger partial charge in [-0.05, 0) is 36.2 Å². The summed E-state index contributed by atoms with van der Waals surface area (Å²) in [5.41, 5.74) is 3.29. The molecule has 0 bridgehead atoms. The molecule has 2 N–H and O–H groups in total. The van der Waals surface area contributed by atoms with Gasteiger partial charge in [0, 0.05) is 16.1 Å². The number of fused-ring (bicyclic) bond motifs is 1. The minimum absolute atomic E-state index is 0.707. The number of anilines is 2. The molecule has 0 saturated heterocycles. The number of aryl methyl sites for hydroxylation is 1. The van der Waals surface area contributed by atoms with Gasteiger partial charge in [0.1, 0.15) is 0 Å². The number of benzene rings is 2. The lowest BCUT2D eigenvalue weighted by atomic mass is 10.1. The van der Waals surface area contributed by atoms with Gasteiger partial charge in [-0.2, -0.15) is 5.10 Å². The van der Waals surface area contributed by atoms with Gasteiger partial charge >= 0.3 is 0 Å². The Kier molecular flexibility index (Phi) is 3.13. The molecule has 0 aliphatic heterocycles. The molecule has 3 nitrogen and oxygen atoms in total. The summed E-state index contributed by atoms with van der Waals surface area (Å²) >= 11 is 5.98. The third kappa shape index (κ3) is 2.29. The molecule has 0 spiro atoms. The van der Waals surface area contributed by atoms with Gasteiger partial charge in [-0.3, -0.25) is 5.10 Å². The highest BCUT2D eigenvalue weighted by Gasteiger charge is 2.08. The molecule has 0 amide bonds. The summed E-state index contributed by atoms with van der Waals surface area (Å²) in [6.45, 7) is 2.14. The Bertz CT molecular complexity index is 718. The van der Waals surface area contributed by atoms with E-state index in [0.717, 1.165) is 28.8 Å². The maximum atomic E-state index is 5.98. The average molecular weight is 272 g/mol. The number of hydrogen-bond donors (Lipinski definition) is 2. The summed E-state index contributed by atoms with van der Waals surface area (Å²) in [6, 6.07) is 13.8. The predicted molar refractivity (Wildman–Crippen MR) is 80.2 cm³/mol. The van der Waals surface area contributed by atoms with Crippen molar-refractivity contribution in [2.45, 2.75) is 13.3 Å². The second-order valence-electron chi connectivity index (χ2n) is 4.40. The van der Waals surface area contributed by atoms with Gasteiger partial charge in [-0.25, -0.2) is 0 Å². The van der Waals surface area contributed by atoms with Crippen LogP contribution in [0.4, 0.5) is 11.5 Å². The highest BCUT2D eigenvalue weighted by Crippen LogP contribution is 2.27. The minimum atomic E-state index is 0.707. The van der Waals surface area contributed by atoms with Crippen LogP contribution in [0.5, 0.6) is 0 Å². The molecular weight excluding hydrogens is 258 g/mol. The molecule has 19 heavy (non-hydrogen) atoms. The van der Waals surface area contributed by atoms with Crippen molar-refractivity contribution in [2.75, 3.05) is 5.32 Å². The van der Waals surface area contributed by atoms with Gasteiger partial charge in [0.05, 0.1) is 5.52 Å². The first-order valence-electron chi connectivity index (χ1n) is 6.26. The number of nitrogens with one attached hydrogen (secondary N) is 2. The number of nitrogens with zero attached hydrogens (tertiary/aromatic N) is 1.